The molecule has 0 bridgehead atoms. The lowest BCUT2D eigenvalue weighted by Crippen LogP contribution is -2.28. The minimum atomic E-state index is -0.877. The smallest absolute Gasteiger partial charge is 0.303 e. The predicted molar refractivity (Wildman–Crippen MR) is 169 cm³/mol. The van der Waals surface area contributed by atoms with Gasteiger partial charge in [-0.2, -0.15) is 0 Å². The lowest BCUT2D eigenvalue weighted by molar-refractivity contribution is -0.137. The molecule has 4 rings (SSSR count). The lowest BCUT2D eigenvalue weighted by Gasteiger charge is -2.21. The van der Waals surface area contributed by atoms with Crippen molar-refractivity contribution in [1.82, 2.24) is 14.7 Å². The van der Waals surface area contributed by atoms with E-state index in [9.17, 15) is 14.0 Å². The molecule has 0 aliphatic heterocycles. The maximum atomic E-state index is 13.9. The molecule has 1 aromatic carbocycles. The number of aromatic nitrogens is 3. The molecular formula is C35H38FN3O5. The average molecular weight is 600 g/mol. The van der Waals surface area contributed by atoms with Crippen LogP contribution in [0.15, 0.2) is 81.9 Å². The van der Waals surface area contributed by atoms with E-state index in [2.05, 4.69) is 29.1 Å². The molecule has 0 amide bonds. The van der Waals surface area contributed by atoms with Gasteiger partial charge in [-0.1, -0.05) is 60.4 Å². The monoisotopic (exact) mass is 599 g/mol. The Hall–Kier alpha value is -4.55. The van der Waals surface area contributed by atoms with Crippen LogP contribution in [0.1, 0.15) is 82.5 Å². The number of aliphatic carboxylic acids is 1. The Balaban J connectivity index is 1.72. The van der Waals surface area contributed by atoms with E-state index in [-0.39, 0.29) is 29.9 Å². The fraction of sp³-hybridized carbons (Fsp3) is 0.371. The minimum absolute atomic E-state index is 0.0192. The van der Waals surface area contributed by atoms with E-state index in [1.165, 1.54) is 12.2 Å². The number of ether oxygens (including phenoxy) is 1. The molecule has 4 atom stereocenters. The van der Waals surface area contributed by atoms with Crippen molar-refractivity contribution in [2.45, 2.75) is 70.9 Å². The van der Waals surface area contributed by atoms with Crippen LogP contribution < -0.4 is 5.56 Å². The topological polar surface area (TPSA) is 107 Å². The quantitative estimate of drug-likeness (QED) is 0.130. The number of allylic oxidation sites excluding steroid dienone is 7. The fourth-order valence-corrected chi connectivity index (χ4v) is 5.25. The standard InChI is InChI=1S/C35H38FN3O5/c1-5-27(36)19-17-24(3)39-34(23(2)13-12-16-32(40)41)37-30-21-26(18-20-28(30)35(39)42)29-22-31(44-38-29)33(43-4)25-14-10-8-6-7-9-11-15-25/h5-7,10,14,17-25,33H,8,12-13,15-16H2,1-4H3,(H,40,41)/b7-6-,14-10-,19-17-,27-5+/t23?,24?,25?,33-/m1/s1. The number of fused-ring (bicyclic) bond motifs is 1. The maximum absolute atomic E-state index is 13.9. The van der Waals surface area contributed by atoms with Crippen molar-refractivity contribution in [1.29, 1.82) is 0 Å². The van der Waals surface area contributed by atoms with Crippen LogP contribution in [0.25, 0.3) is 22.2 Å². The van der Waals surface area contributed by atoms with Gasteiger partial charge in [0.05, 0.1) is 16.9 Å². The molecule has 230 valence electrons. The molecule has 0 spiro atoms. The summed E-state index contributed by atoms with van der Waals surface area (Å²) in [7, 11) is 1.63. The van der Waals surface area contributed by atoms with E-state index < -0.39 is 17.8 Å². The molecule has 1 aliphatic rings. The van der Waals surface area contributed by atoms with Gasteiger partial charge in [0, 0.05) is 43.4 Å². The van der Waals surface area contributed by atoms with Crippen molar-refractivity contribution >= 4 is 16.9 Å². The van der Waals surface area contributed by atoms with E-state index in [1.807, 2.05) is 25.1 Å². The summed E-state index contributed by atoms with van der Waals surface area (Å²) in [6.45, 7) is 5.31. The zero-order valence-corrected chi connectivity index (χ0v) is 25.5. The van der Waals surface area contributed by atoms with Gasteiger partial charge in [-0.05, 0) is 57.4 Å². The molecule has 2 aromatic heterocycles. The van der Waals surface area contributed by atoms with Gasteiger partial charge in [-0.15, -0.1) is 0 Å². The highest BCUT2D eigenvalue weighted by molar-refractivity contribution is 5.83. The van der Waals surface area contributed by atoms with Gasteiger partial charge in [0.15, 0.2) is 5.76 Å². The summed E-state index contributed by atoms with van der Waals surface area (Å²) >= 11 is 0. The van der Waals surface area contributed by atoms with Gasteiger partial charge in [-0.3, -0.25) is 14.2 Å². The molecule has 8 nitrogen and oxygen atoms in total. The number of hydrogen-bond donors (Lipinski definition) is 1. The van der Waals surface area contributed by atoms with Crippen LogP contribution >= 0.6 is 0 Å². The van der Waals surface area contributed by atoms with Gasteiger partial charge < -0.3 is 14.4 Å². The number of carbonyl (C=O) groups is 1. The summed E-state index contributed by atoms with van der Waals surface area (Å²) in [6.07, 6.45) is 14.3. The van der Waals surface area contributed by atoms with Crippen molar-refractivity contribution in [3.63, 3.8) is 0 Å². The zero-order chi connectivity index (χ0) is 31.6. The molecule has 0 radical (unpaired) electrons. The fourth-order valence-electron chi connectivity index (χ4n) is 5.25. The third kappa shape index (κ3) is 7.88. The van der Waals surface area contributed by atoms with Crippen LogP contribution in [0.4, 0.5) is 4.39 Å². The van der Waals surface area contributed by atoms with E-state index in [0.717, 1.165) is 6.42 Å². The van der Waals surface area contributed by atoms with Crippen LogP contribution in [0.2, 0.25) is 0 Å². The molecule has 2 heterocycles. The van der Waals surface area contributed by atoms with Crippen molar-refractivity contribution in [3.8, 4) is 23.1 Å². The summed E-state index contributed by atoms with van der Waals surface area (Å²) in [5.74, 6) is 5.74. The van der Waals surface area contributed by atoms with E-state index >= 15 is 0 Å². The van der Waals surface area contributed by atoms with Crippen molar-refractivity contribution in [3.05, 3.63) is 94.6 Å². The zero-order valence-electron chi connectivity index (χ0n) is 25.5. The molecular weight excluding hydrogens is 561 g/mol. The Labute approximate surface area is 256 Å². The third-order valence-corrected chi connectivity index (χ3v) is 7.66. The second-order valence-corrected chi connectivity index (χ2v) is 10.9. The highest BCUT2D eigenvalue weighted by Crippen LogP contribution is 2.33. The number of methoxy groups -OCH3 is 1. The Bertz CT molecular complexity index is 1720. The lowest BCUT2D eigenvalue weighted by atomic mass is 9.95. The average Bonchev–Trinajstić information content (AvgIpc) is 3.54. The first kappa shape index (κ1) is 32.4. The summed E-state index contributed by atoms with van der Waals surface area (Å²) < 4.78 is 27.0. The molecule has 1 aliphatic carbocycles. The van der Waals surface area contributed by atoms with Crippen molar-refractivity contribution < 1.29 is 23.6 Å². The summed E-state index contributed by atoms with van der Waals surface area (Å²) in [4.78, 5) is 29.9. The van der Waals surface area contributed by atoms with Gasteiger partial charge in [0.25, 0.3) is 5.56 Å². The number of carboxylic acids is 1. The Morgan fingerprint density at radius 2 is 2.11 bits per heavy atom. The van der Waals surface area contributed by atoms with Gasteiger partial charge in [-0.25, -0.2) is 9.37 Å². The number of rotatable bonds is 12. The van der Waals surface area contributed by atoms with Gasteiger partial charge in [0.1, 0.15) is 23.4 Å². The molecule has 0 saturated carbocycles. The Morgan fingerprint density at radius 1 is 1.30 bits per heavy atom. The maximum Gasteiger partial charge on any atom is 0.303 e. The van der Waals surface area contributed by atoms with Crippen LogP contribution in [0.3, 0.4) is 0 Å². The molecule has 3 unspecified atom stereocenters. The largest absolute Gasteiger partial charge is 0.481 e. The minimum Gasteiger partial charge on any atom is -0.481 e. The number of benzene rings is 1. The summed E-state index contributed by atoms with van der Waals surface area (Å²) in [5, 5.41) is 13.8. The highest BCUT2D eigenvalue weighted by atomic mass is 19.1. The van der Waals surface area contributed by atoms with E-state index in [1.54, 1.807) is 49.8 Å². The van der Waals surface area contributed by atoms with Crippen LogP contribution in [-0.2, 0) is 9.53 Å². The normalized spacial score (nSPS) is 18.9. The Kier molecular flexibility index (Phi) is 11.2. The van der Waals surface area contributed by atoms with Crippen molar-refractivity contribution in [2.75, 3.05) is 7.11 Å². The highest BCUT2D eigenvalue weighted by Gasteiger charge is 2.26. The number of hydrogen-bond acceptors (Lipinski definition) is 6. The molecule has 44 heavy (non-hydrogen) atoms. The summed E-state index contributed by atoms with van der Waals surface area (Å²) in [5.41, 5.74) is 1.51. The second-order valence-electron chi connectivity index (χ2n) is 10.9. The van der Waals surface area contributed by atoms with E-state index in [4.69, 9.17) is 19.4 Å². The first-order valence-corrected chi connectivity index (χ1v) is 14.8. The second kappa shape index (κ2) is 15.3. The predicted octanol–water partition coefficient (Wildman–Crippen LogP) is 7.61. The van der Waals surface area contributed by atoms with Crippen LogP contribution in [0, 0.1) is 17.8 Å². The number of halogens is 1. The molecule has 0 fully saturated rings. The number of carboxylic acid groups (broad SMARTS) is 1. The molecule has 9 heteroatoms. The molecule has 3 aromatic rings. The molecule has 1 N–H and O–H groups in total. The molecule has 0 saturated heterocycles. The SMILES string of the molecule is C/C=C(F)\C=C/C(C)n1c(C(C)CCCC(=O)O)nc2cc(-c3cc([C@H](OC)C4/C=C\C/C=C\C#CC4)on3)ccc2c1=O. The third-order valence-electron chi connectivity index (χ3n) is 7.66. The first-order chi connectivity index (χ1) is 21.2. The van der Waals surface area contributed by atoms with Gasteiger partial charge >= 0.3 is 5.97 Å². The van der Waals surface area contributed by atoms with Crippen LogP contribution in [-0.4, -0.2) is 32.9 Å². The number of nitrogens with zero attached hydrogens (tertiary/aromatic N) is 3. The Morgan fingerprint density at radius 3 is 2.86 bits per heavy atom. The first-order valence-electron chi connectivity index (χ1n) is 14.8. The summed E-state index contributed by atoms with van der Waals surface area (Å²) in [6, 6.07) is 6.66. The van der Waals surface area contributed by atoms with Gasteiger partial charge in [0.2, 0.25) is 0 Å². The van der Waals surface area contributed by atoms with E-state index in [0.29, 0.717) is 53.0 Å². The van der Waals surface area contributed by atoms with Crippen molar-refractivity contribution in [2.24, 2.45) is 5.92 Å². The van der Waals surface area contributed by atoms with Crippen LogP contribution in [0.5, 0.6) is 0 Å².